The summed E-state index contributed by atoms with van der Waals surface area (Å²) in [5.41, 5.74) is 9.09. The minimum absolute atomic E-state index is 0.103. The van der Waals surface area contributed by atoms with Crippen molar-refractivity contribution >= 4 is 0 Å². The number of aromatic nitrogens is 2. The van der Waals surface area contributed by atoms with Crippen molar-refractivity contribution in [3.63, 3.8) is 0 Å². The van der Waals surface area contributed by atoms with Gasteiger partial charge in [0.25, 0.3) is 0 Å². The molecule has 0 radical (unpaired) electrons. The molecule has 0 saturated carbocycles. The molecular formula is C14H16FN3. The normalized spacial score (nSPS) is 12.5. The molecule has 2 N–H and O–H groups in total. The van der Waals surface area contributed by atoms with E-state index in [2.05, 4.69) is 9.97 Å². The second-order valence-corrected chi connectivity index (χ2v) is 4.54. The van der Waals surface area contributed by atoms with Gasteiger partial charge in [-0.1, -0.05) is 0 Å². The average molecular weight is 245 g/mol. The van der Waals surface area contributed by atoms with Gasteiger partial charge in [-0.05, 0) is 44.5 Å². The molecular weight excluding hydrogens is 229 g/mol. The van der Waals surface area contributed by atoms with E-state index in [1.807, 2.05) is 26.8 Å². The van der Waals surface area contributed by atoms with Gasteiger partial charge in [-0.3, -0.25) is 0 Å². The molecule has 0 amide bonds. The summed E-state index contributed by atoms with van der Waals surface area (Å²) in [6.45, 7) is 5.61. The van der Waals surface area contributed by atoms with Crippen LogP contribution in [0.4, 0.5) is 4.39 Å². The highest BCUT2D eigenvalue weighted by molar-refractivity contribution is 5.56. The Hall–Kier alpha value is -1.81. The molecule has 1 aromatic heterocycles. The number of rotatable bonds is 2. The predicted molar refractivity (Wildman–Crippen MR) is 69.5 cm³/mol. The van der Waals surface area contributed by atoms with Crippen LogP contribution in [0.25, 0.3) is 11.4 Å². The van der Waals surface area contributed by atoms with Gasteiger partial charge >= 0.3 is 0 Å². The zero-order valence-corrected chi connectivity index (χ0v) is 10.7. The Balaban J connectivity index is 2.48. The Kier molecular flexibility index (Phi) is 3.39. The lowest BCUT2D eigenvalue weighted by molar-refractivity contribution is 0.627. The second kappa shape index (κ2) is 4.82. The molecule has 0 saturated heterocycles. The van der Waals surface area contributed by atoms with Crippen molar-refractivity contribution in [3.8, 4) is 11.4 Å². The molecule has 0 bridgehead atoms. The van der Waals surface area contributed by atoms with Crippen LogP contribution in [0.5, 0.6) is 0 Å². The number of hydrogen-bond acceptors (Lipinski definition) is 3. The summed E-state index contributed by atoms with van der Waals surface area (Å²) in [4.78, 5) is 8.64. The Morgan fingerprint density at radius 2 is 1.94 bits per heavy atom. The maximum atomic E-state index is 13.3. The molecule has 0 fully saturated rings. The molecule has 2 aromatic rings. The predicted octanol–water partition coefficient (Wildman–Crippen LogP) is 2.92. The lowest BCUT2D eigenvalue weighted by Crippen LogP contribution is -2.09. The van der Waals surface area contributed by atoms with Gasteiger partial charge in [-0.15, -0.1) is 0 Å². The zero-order chi connectivity index (χ0) is 13.3. The van der Waals surface area contributed by atoms with Crippen molar-refractivity contribution in [3.05, 3.63) is 47.0 Å². The van der Waals surface area contributed by atoms with E-state index in [4.69, 9.17) is 5.73 Å². The van der Waals surface area contributed by atoms with E-state index in [-0.39, 0.29) is 11.9 Å². The molecule has 0 spiro atoms. The standard InChI is InChI=1S/C14H16FN3/c1-8-4-11(6-12(15)5-8)14-17-7-13(9(2)16)10(3)18-14/h4-7,9H,16H2,1-3H3/t9-/m0/s1. The van der Waals surface area contributed by atoms with Crippen molar-refractivity contribution in [2.45, 2.75) is 26.8 Å². The van der Waals surface area contributed by atoms with Crippen LogP contribution >= 0.6 is 0 Å². The molecule has 0 aliphatic heterocycles. The van der Waals surface area contributed by atoms with Gasteiger partial charge in [0.2, 0.25) is 0 Å². The summed E-state index contributed by atoms with van der Waals surface area (Å²) in [7, 11) is 0. The molecule has 1 aromatic carbocycles. The molecule has 0 aliphatic rings. The van der Waals surface area contributed by atoms with Crippen LogP contribution in [0.15, 0.2) is 24.4 Å². The molecule has 18 heavy (non-hydrogen) atoms. The highest BCUT2D eigenvalue weighted by atomic mass is 19.1. The Morgan fingerprint density at radius 1 is 1.22 bits per heavy atom. The molecule has 0 unspecified atom stereocenters. The van der Waals surface area contributed by atoms with E-state index >= 15 is 0 Å². The number of aryl methyl sites for hydroxylation is 2. The zero-order valence-electron chi connectivity index (χ0n) is 10.7. The number of hydrogen-bond donors (Lipinski definition) is 1. The summed E-state index contributed by atoms with van der Waals surface area (Å²) >= 11 is 0. The highest BCUT2D eigenvalue weighted by Gasteiger charge is 2.09. The summed E-state index contributed by atoms with van der Waals surface area (Å²) in [6, 6.07) is 4.68. The van der Waals surface area contributed by atoms with Crippen LogP contribution in [-0.4, -0.2) is 9.97 Å². The molecule has 0 aliphatic carbocycles. The summed E-state index contributed by atoms with van der Waals surface area (Å²) in [5, 5.41) is 0. The third-order valence-electron chi connectivity index (χ3n) is 2.81. The minimum Gasteiger partial charge on any atom is -0.324 e. The maximum Gasteiger partial charge on any atom is 0.159 e. The Bertz CT molecular complexity index is 559. The first-order chi connectivity index (χ1) is 8.47. The SMILES string of the molecule is Cc1cc(F)cc(-c2ncc([C@H](C)N)c(C)n2)c1. The lowest BCUT2D eigenvalue weighted by atomic mass is 10.1. The summed E-state index contributed by atoms with van der Waals surface area (Å²) in [6.07, 6.45) is 1.71. The van der Waals surface area contributed by atoms with Crippen LogP contribution in [0.2, 0.25) is 0 Å². The Labute approximate surface area is 106 Å². The molecule has 4 heteroatoms. The van der Waals surface area contributed by atoms with Crippen LogP contribution in [0, 0.1) is 19.7 Å². The minimum atomic E-state index is -0.275. The van der Waals surface area contributed by atoms with Crippen molar-refractivity contribution in [2.75, 3.05) is 0 Å². The van der Waals surface area contributed by atoms with Gasteiger partial charge in [0.1, 0.15) is 5.82 Å². The molecule has 3 nitrogen and oxygen atoms in total. The third kappa shape index (κ3) is 2.54. The fourth-order valence-corrected chi connectivity index (χ4v) is 1.93. The first-order valence-corrected chi connectivity index (χ1v) is 5.84. The van der Waals surface area contributed by atoms with Crippen molar-refractivity contribution in [1.29, 1.82) is 0 Å². The topological polar surface area (TPSA) is 51.8 Å². The first-order valence-electron chi connectivity index (χ1n) is 5.84. The van der Waals surface area contributed by atoms with Crippen LogP contribution in [0.3, 0.4) is 0 Å². The molecule has 94 valence electrons. The smallest absolute Gasteiger partial charge is 0.159 e. The van der Waals surface area contributed by atoms with Gasteiger partial charge in [0.15, 0.2) is 5.82 Å². The van der Waals surface area contributed by atoms with Gasteiger partial charge < -0.3 is 5.73 Å². The molecule has 1 atom stereocenters. The van der Waals surface area contributed by atoms with Crippen molar-refractivity contribution < 1.29 is 4.39 Å². The van der Waals surface area contributed by atoms with Gasteiger partial charge in [0, 0.05) is 29.1 Å². The van der Waals surface area contributed by atoms with Gasteiger partial charge in [-0.25, -0.2) is 14.4 Å². The quantitative estimate of drug-likeness (QED) is 0.885. The summed E-state index contributed by atoms with van der Waals surface area (Å²) in [5.74, 6) is 0.252. The molecule has 2 rings (SSSR count). The van der Waals surface area contributed by atoms with Crippen LogP contribution < -0.4 is 5.73 Å². The van der Waals surface area contributed by atoms with Gasteiger partial charge in [0.05, 0.1) is 0 Å². The summed E-state index contributed by atoms with van der Waals surface area (Å²) < 4.78 is 13.3. The highest BCUT2D eigenvalue weighted by Crippen LogP contribution is 2.20. The fourth-order valence-electron chi connectivity index (χ4n) is 1.93. The van der Waals surface area contributed by atoms with E-state index in [1.165, 1.54) is 12.1 Å². The first kappa shape index (κ1) is 12.6. The fraction of sp³-hybridized carbons (Fsp3) is 0.286. The monoisotopic (exact) mass is 245 g/mol. The number of nitrogens with zero attached hydrogens (tertiary/aromatic N) is 2. The second-order valence-electron chi connectivity index (χ2n) is 4.54. The third-order valence-corrected chi connectivity index (χ3v) is 2.81. The number of halogens is 1. The van der Waals surface area contributed by atoms with Crippen molar-refractivity contribution in [1.82, 2.24) is 9.97 Å². The lowest BCUT2D eigenvalue weighted by Gasteiger charge is -2.10. The number of benzene rings is 1. The van der Waals surface area contributed by atoms with E-state index < -0.39 is 0 Å². The number of nitrogens with two attached hydrogens (primary N) is 1. The van der Waals surface area contributed by atoms with Crippen LogP contribution in [-0.2, 0) is 0 Å². The van der Waals surface area contributed by atoms with E-state index in [0.717, 1.165) is 16.8 Å². The molecule has 1 heterocycles. The van der Waals surface area contributed by atoms with Gasteiger partial charge in [-0.2, -0.15) is 0 Å². The van der Waals surface area contributed by atoms with E-state index in [1.54, 1.807) is 6.20 Å². The largest absolute Gasteiger partial charge is 0.324 e. The van der Waals surface area contributed by atoms with Crippen molar-refractivity contribution in [2.24, 2.45) is 5.73 Å². The van der Waals surface area contributed by atoms with E-state index in [9.17, 15) is 4.39 Å². The Morgan fingerprint density at radius 3 is 2.50 bits per heavy atom. The van der Waals surface area contributed by atoms with E-state index in [0.29, 0.717) is 11.4 Å². The average Bonchev–Trinajstić information content (AvgIpc) is 2.26. The maximum absolute atomic E-state index is 13.3. The van der Waals surface area contributed by atoms with Crippen LogP contribution in [0.1, 0.15) is 29.8 Å².